The van der Waals surface area contributed by atoms with Gasteiger partial charge in [-0.15, -0.1) is 0 Å². The quantitative estimate of drug-likeness (QED) is 0.768. The van der Waals surface area contributed by atoms with E-state index in [2.05, 4.69) is 18.6 Å². The lowest BCUT2D eigenvalue weighted by Gasteiger charge is -2.30. The lowest BCUT2D eigenvalue weighted by atomic mass is 9.79. The predicted molar refractivity (Wildman–Crippen MR) is 78.3 cm³/mol. The third kappa shape index (κ3) is 4.30. The molecule has 1 aromatic rings. The molecule has 0 spiro atoms. The van der Waals surface area contributed by atoms with E-state index >= 15 is 0 Å². The van der Waals surface area contributed by atoms with E-state index in [4.69, 9.17) is 5.73 Å². The standard InChI is InChI=1S/C14H24N2O2S/c1-3-14(4-2,12-15)10-11-16-19(17,18)13-8-6-5-7-9-13/h5-9,16H,3-4,10-12,15H2,1-2H3. The normalized spacial score (nSPS) is 12.6. The molecule has 5 heteroatoms. The number of rotatable bonds is 8. The van der Waals surface area contributed by atoms with Crippen LogP contribution in [0.25, 0.3) is 0 Å². The van der Waals surface area contributed by atoms with Gasteiger partial charge >= 0.3 is 0 Å². The van der Waals surface area contributed by atoms with Crippen molar-refractivity contribution in [2.45, 2.75) is 38.0 Å². The molecule has 0 aliphatic carbocycles. The van der Waals surface area contributed by atoms with Crippen LogP contribution in [0.1, 0.15) is 33.1 Å². The maximum atomic E-state index is 12.0. The summed E-state index contributed by atoms with van der Waals surface area (Å²) in [6.45, 7) is 5.22. The smallest absolute Gasteiger partial charge is 0.240 e. The van der Waals surface area contributed by atoms with Crippen molar-refractivity contribution in [2.75, 3.05) is 13.1 Å². The number of hydrogen-bond acceptors (Lipinski definition) is 3. The molecule has 0 aromatic heterocycles. The van der Waals surface area contributed by atoms with Crippen LogP contribution in [0, 0.1) is 5.41 Å². The Balaban J connectivity index is 2.62. The largest absolute Gasteiger partial charge is 0.330 e. The Labute approximate surface area is 116 Å². The van der Waals surface area contributed by atoms with Crippen molar-refractivity contribution in [3.63, 3.8) is 0 Å². The molecule has 0 aliphatic rings. The number of hydrogen-bond donors (Lipinski definition) is 2. The summed E-state index contributed by atoms with van der Waals surface area (Å²) in [5, 5.41) is 0. The summed E-state index contributed by atoms with van der Waals surface area (Å²) >= 11 is 0. The first kappa shape index (κ1) is 16.1. The van der Waals surface area contributed by atoms with Gasteiger partial charge in [0, 0.05) is 6.54 Å². The average Bonchev–Trinajstić information content (AvgIpc) is 2.45. The van der Waals surface area contributed by atoms with Gasteiger partial charge in [-0.3, -0.25) is 0 Å². The lowest BCUT2D eigenvalue weighted by Crippen LogP contribution is -2.34. The first-order chi connectivity index (χ1) is 8.99. The van der Waals surface area contributed by atoms with E-state index in [1.807, 2.05) is 0 Å². The first-order valence-corrected chi connectivity index (χ1v) is 8.23. The number of sulfonamides is 1. The van der Waals surface area contributed by atoms with E-state index in [-0.39, 0.29) is 5.41 Å². The number of benzene rings is 1. The summed E-state index contributed by atoms with van der Waals surface area (Å²) in [5.74, 6) is 0. The molecule has 0 saturated carbocycles. The average molecular weight is 284 g/mol. The van der Waals surface area contributed by atoms with Crippen molar-refractivity contribution in [1.29, 1.82) is 0 Å². The van der Waals surface area contributed by atoms with Gasteiger partial charge in [0.25, 0.3) is 0 Å². The van der Waals surface area contributed by atoms with Crippen LogP contribution in [0.4, 0.5) is 0 Å². The maximum Gasteiger partial charge on any atom is 0.240 e. The molecule has 0 unspecified atom stereocenters. The van der Waals surface area contributed by atoms with E-state index in [1.165, 1.54) is 0 Å². The molecule has 0 radical (unpaired) electrons. The highest BCUT2D eigenvalue weighted by Gasteiger charge is 2.24. The minimum atomic E-state index is -3.40. The molecule has 0 saturated heterocycles. The molecule has 1 rings (SSSR count). The highest BCUT2D eigenvalue weighted by Crippen LogP contribution is 2.28. The second-order valence-electron chi connectivity index (χ2n) is 4.87. The zero-order valence-corrected chi connectivity index (χ0v) is 12.5. The first-order valence-electron chi connectivity index (χ1n) is 6.74. The Morgan fingerprint density at radius 3 is 2.21 bits per heavy atom. The minimum Gasteiger partial charge on any atom is -0.330 e. The fourth-order valence-electron chi connectivity index (χ4n) is 2.13. The van der Waals surface area contributed by atoms with Gasteiger partial charge < -0.3 is 5.73 Å². The molecule has 0 atom stereocenters. The molecule has 3 N–H and O–H groups in total. The number of nitrogens with two attached hydrogens (primary N) is 1. The molecule has 0 amide bonds. The van der Waals surface area contributed by atoms with Crippen LogP contribution in [-0.2, 0) is 10.0 Å². The van der Waals surface area contributed by atoms with Gasteiger partial charge in [-0.2, -0.15) is 0 Å². The molecule has 0 bridgehead atoms. The monoisotopic (exact) mass is 284 g/mol. The predicted octanol–water partition coefficient (Wildman–Crippen LogP) is 2.12. The van der Waals surface area contributed by atoms with Gasteiger partial charge in [0.05, 0.1) is 4.90 Å². The van der Waals surface area contributed by atoms with Gasteiger partial charge in [-0.05, 0) is 43.4 Å². The Kier molecular flexibility index (Phi) is 5.97. The summed E-state index contributed by atoms with van der Waals surface area (Å²) in [4.78, 5) is 0.307. The highest BCUT2D eigenvalue weighted by atomic mass is 32.2. The van der Waals surface area contributed by atoms with Gasteiger partial charge in [-0.1, -0.05) is 32.0 Å². The molecular formula is C14H24N2O2S. The van der Waals surface area contributed by atoms with Crippen LogP contribution in [0.3, 0.4) is 0 Å². The molecule has 108 valence electrons. The van der Waals surface area contributed by atoms with Crippen LogP contribution in [0.5, 0.6) is 0 Å². The third-order valence-corrected chi connectivity index (χ3v) is 5.41. The minimum absolute atomic E-state index is 0.0409. The lowest BCUT2D eigenvalue weighted by molar-refractivity contribution is 0.252. The third-order valence-electron chi connectivity index (χ3n) is 3.93. The van der Waals surface area contributed by atoms with Gasteiger partial charge in [0.1, 0.15) is 0 Å². The molecule has 19 heavy (non-hydrogen) atoms. The Hall–Kier alpha value is -0.910. The Bertz CT molecular complexity index is 459. The summed E-state index contributed by atoms with van der Waals surface area (Å²) in [5.41, 5.74) is 5.85. The van der Waals surface area contributed by atoms with Crippen molar-refractivity contribution in [3.8, 4) is 0 Å². The second kappa shape index (κ2) is 7.03. The van der Waals surface area contributed by atoms with Crippen molar-refractivity contribution in [2.24, 2.45) is 11.1 Å². The van der Waals surface area contributed by atoms with E-state index in [9.17, 15) is 8.42 Å². The van der Waals surface area contributed by atoms with Crippen LogP contribution < -0.4 is 10.5 Å². The SMILES string of the molecule is CCC(CC)(CN)CCNS(=O)(=O)c1ccccc1. The Morgan fingerprint density at radius 1 is 1.16 bits per heavy atom. The van der Waals surface area contributed by atoms with E-state index in [0.29, 0.717) is 18.0 Å². The summed E-state index contributed by atoms with van der Waals surface area (Å²) in [6.07, 6.45) is 2.70. The zero-order chi connectivity index (χ0) is 14.4. The van der Waals surface area contributed by atoms with Gasteiger partial charge in [0.15, 0.2) is 0 Å². The summed E-state index contributed by atoms with van der Waals surface area (Å²) in [6, 6.07) is 8.43. The van der Waals surface area contributed by atoms with Crippen molar-refractivity contribution in [1.82, 2.24) is 4.72 Å². The van der Waals surface area contributed by atoms with Crippen molar-refractivity contribution >= 4 is 10.0 Å². The van der Waals surface area contributed by atoms with Crippen LogP contribution >= 0.6 is 0 Å². The molecule has 0 fully saturated rings. The molecule has 0 heterocycles. The Morgan fingerprint density at radius 2 is 1.74 bits per heavy atom. The fraction of sp³-hybridized carbons (Fsp3) is 0.571. The topological polar surface area (TPSA) is 72.2 Å². The van der Waals surface area contributed by atoms with Crippen molar-refractivity contribution < 1.29 is 8.42 Å². The molecule has 1 aromatic carbocycles. The van der Waals surface area contributed by atoms with Crippen LogP contribution in [-0.4, -0.2) is 21.5 Å². The highest BCUT2D eigenvalue weighted by molar-refractivity contribution is 7.89. The van der Waals surface area contributed by atoms with E-state index in [0.717, 1.165) is 19.3 Å². The van der Waals surface area contributed by atoms with Gasteiger partial charge in [-0.25, -0.2) is 13.1 Å². The number of nitrogens with one attached hydrogen (secondary N) is 1. The second-order valence-corrected chi connectivity index (χ2v) is 6.64. The maximum absolute atomic E-state index is 12.0. The van der Waals surface area contributed by atoms with Crippen LogP contribution in [0.15, 0.2) is 35.2 Å². The van der Waals surface area contributed by atoms with Crippen molar-refractivity contribution in [3.05, 3.63) is 30.3 Å². The van der Waals surface area contributed by atoms with Crippen LogP contribution in [0.2, 0.25) is 0 Å². The van der Waals surface area contributed by atoms with E-state index < -0.39 is 10.0 Å². The molecule has 0 aliphatic heterocycles. The fourth-order valence-corrected chi connectivity index (χ4v) is 3.18. The summed E-state index contributed by atoms with van der Waals surface area (Å²) in [7, 11) is -3.40. The van der Waals surface area contributed by atoms with E-state index in [1.54, 1.807) is 30.3 Å². The zero-order valence-electron chi connectivity index (χ0n) is 11.7. The molecular weight excluding hydrogens is 260 g/mol. The van der Waals surface area contributed by atoms with Gasteiger partial charge in [0.2, 0.25) is 10.0 Å². The summed E-state index contributed by atoms with van der Waals surface area (Å²) < 4.78 is 26.7. The molecule has 4 nitrogen and oxygen atoms in total.